The van der Waals surface area contributed by atoms with Gasteiger partial charge >= 0.3 is 0 Å². The number of benzene rings is 2. The zero-order valence-corrected chi connectivity index (χ0v) is 19.0. The molecule has 4 N–H and O–H groups in total. The van der Waals surface area contributed by atoms with Crippen LogP contribution in [-0.4, -0.2) is 38.1 Å². The highest BCUT2D eigenvalue weighted by atomic mass is 32.2. The van der Waals surface area contributed by atoms with Gasteiger partial charge in [0.1, 0.15) is 22.3 Å². The number of methoxy groups -OCH3 is 1. The number of nitrogens with one attached hydrogen (secondary N) is 4. The molecule has 10 heteroatoms. The lowest BCUT2D eigenvalue weighted by atomic mass is 10.2. The Morgan fingerprint density at radius 3 is 2.50 bits per heavy atom. The fraction of sp³-hybridized carbons (Fsp3) is 0.273. The lowest BCUT2D eigenvalue weighted by Crippen LogP contribution is -2.30. The summed E-state index contributed by atoms with van der Waals surface area (Å²) in [7, 11) is -2.07. The van der Waals surface area contributed by atoms with Gasteiger partial charge in [-0.1, -0.05) is 12.1 Å². The number of fused-ring (bicyclic) bond motifs is 1. The van der Waals surface area contributed by atoms with Crippen molar-refractivity contribution in [2.24, 2.45) is 0 Å². The summed E-state index contributed by atoms with van der Waals surface area (Å²) in [6.07, 6.45) is 0.736. The molecule has 0 fully saturated rings. The minimum absolute atomic E-state index is 0.164. The van der Waals surface area contributed by atoms with Crippen molar-refractivity contribution in [3.05, 3.63) is 54.1 Å². The zero-order valence-electron chi connectivity index (χ0n) is 18.1. The van der Waals surface area contributed by atoms with Crippen LogP contribution in [0, 0.1) is 0 Å². The Labute approximate surface area is 187 Å². The van der Waals surface area contributed by atoms with Gasteiger partial charge < -0.3 is 20.7 Å². The fourth-order valence-electron chi connectivity index (χ4n) is 3.44. The molecule has 0 unspecified atom stereocenters. The van der Waals surface area contributed by atoms with Crippen LogP contribution in [0.1, 0.15) is 19.4 Å². The second kappa shape index (κ2) is 9.01. The molecule has 1 aromatic heterocycles. The Morgan fingerprint density at radius 1 is 1.03 bits per heavy atom. The van der Waals surface area contributed by atoms with Crippen molar-refractivity contribution in [2.45, 2.75) is 31.2 Å². The van der Waals surface area contributed by atoms with Crippen molar-refractivity contribution in [2.75, 3.05) is 29.6 Å². The van der Waals surface area contributed by atoms with Gasteiger partial charge in [0.25, 0.3) is 0 Å². The molecule has 0 saturated carbocycles. The maximum absolute atomic E-state index is 12.8. The van der Waals surface area contributed by atoms with Crippen LogP contribution in [0.2, 0.25) is 0 Å². The standard InChI is InChI=1S/C22H26N6O3S/c1-14(2)28-32(29,30)19-7-5-4-6-18(19)25-21-17-12-13-23-20(17)26-22(27-21)24-15-8-10-16(31-3)11-9-15/h4-11,14,28H,12-13H2,1-3H3,(H3,23,24,25,26,27). The molecule has 0 radical (unpaired) electrons. The quantitative estimate of drug-likeness (QED) is 0.408. The summed E-state index contributed by atoms with van der Waals surface area (Å²) in [5.74, 6) is 2.43. The summed E-state index contributed by atoms with van der Waals surface area (Å²) in [4.78, 5) is 9.37. The van der Waals surface area contributed by atoms with Crippen molar-refractivity contribution in [1.82, 2.24) is 14.7 Å². The van der Waals surface area contributed by atoms with Gasteiger partial charge in [-0.25, -0.2) is 13.1 Å². The summed E-state index contributed by atoms with van der Waals surface area (Å²) in [5, 5.41) is 9.68. The molecule has 0 bridgehead atoms. The molecule has 2 heterocycles. The summed E-state index contributed by atoms with van der Waals surface area (Å²) < 4.78 is 33.5. The molecule has 3 aromatic rings. The predicted molar refractivity (Wildman–Crippen MR) is 126 cm³/mol. The van der Waals surface area contributed by atoms with E-state index in [1.54, 1.807) is 45.2 Å². The first-order valence-electron chi connectivity index (χ1n) is 10.3. The van der Waals surface area contributed by atoms with Gasteiger partial charge in [-0.05, 0) is 56.7 Å². The number of para-hydroxylation sites is 1. The van der Waals surface area contributed by atoms with Crippen LogP contribution in [-0.2, 0) is 16.4 Å². The van der Waals surface area contributed by atoms with Gasteiger partial charge in [-0.3, -0.25) is 0 Å². The average Bonchev–Trinajstić information content (AvgIpc) is 3.23. The maximum Gasteiger partial charge on any atom is 0.242 e. The monoisotopic (exact) mass is 454 g/mol. The number of aromatic nitrogens is 2. The second-order valence-electron chi connectivity index (χ2n) is 7.65. The first-order valence-corrected chi connectivity index (χ1v) is 11.8. The van der Waals surface area contributed by atoms with E-state index in [0.29, 0.717) is 17.5 Å². The van der Waals surface area contributed by atoms with Gasteiger partial charge in [0.05, 0.1) is 12.8 Å². The topological polar surface area (TPSA) is 117 Å². The van der Waals surface area contributed by atoms with Gasteiger partial charge in [-0.2, -0.15) is 9.97 Å². The Balaban J connectivity index is 1.68. The van der Waals surface area contributed by atoms with Gasteiger partial charge in [0.15, 0.2) is 0 Å². The predicted octanol–water partition coefficient (Wildman–Crippen LogP) is 3.63. The Morgan fingerprint density at radius 2 is 1.78 bits per heavy atom. The lowest BCUT2D eigenvalue weighted by Gasteiger charge is -2.16. The van der Waals surface area contributed by atoms with E-state index in [2.05, 4.69) is 30.6 Å². The summed E-state index contributed by atoms with van der Waals surface area (Å²) >= 11 is 0. The third-order valence-electron chi connectivity index (χ3n) is 4.84. The molecule has 9 nitrogen and oxygen atoms in total. The van der Waals surface area contributed by atoms with E-state index in [-0.39, 0.29) is 10.9 Å². The molecular formula is C22H26N6O3S. The fourth-order valence-corrected chi connectivity index (χ4v) is 4.86. The Hall–Kier alpha value is -3.37. The summed E-state index contributed by atoms with van der Waals surface area (Å²) in [6.45, 7) is 4.31. The van der Waals surface area contributed by atoms with Gasteiger partial charge in [0, 0.05) is 23.8 Å². The largest absolute Gasteiger partial charge is 0.497 e. The summed E-state index contributed by atoms with van der Waals surface area (Å²) in [5.41, 5.74) is 2.16. The number of anilines is 5. The molecule has 0 spiro atoms. The van der Waals surface area contributed by atoms with Crippen LogP contribution >= 0.6 is 0 Å². The van der Waals surface area contributed by atoms with Gasteiger partial charge in [0.2, 0.25) is 16.0 Å². The lowest BCUT2D eigenvalue weighted by molar-refractivity contribution is 0.415. The smallest absolute Gasteiger partial charge is 0.242 e. The van der Waals surface area contributed by atoms with Crippen LogP contribution in [0.15, 0.2) is 53.4 Å². The molecule has 4 rings (SSSR count). The molecular weight excluding hydrogens is 428 g/mol. The van der Waals surface area contributed by atoms with Gasteiger partial charge in [-0.15, -0.1) is 0 Å². The highest BCUT2D eigenvalue weighted by Gasteiger charge is 2.23. The minimum atomic E-state index is -3.69. The highest BCUT2D eigenvalue weighted by Crippen LogP contribution is 2.32. The molecule has 0 amide bonds. The van der Waals surface area contributed by atoms with Crippen molar-refractivity contribution in [3.8, 4) is 5.75 Å². The molecule has 0 saturated heterocycles. The van der Waals surface area contributed by atoms with Crippen LogP contribution in [0.25, 0.3) is 0 Å². The minimum Gasteiger partial charge on any atom is -0.497 e. The molecule has 2 aromatic carbocycles. The van der Waals surface area contributed by atoms with E-state index >= 15 is 0 Å². The number of hydrogen-bond donors (Lipinski definition) is 4. The third-order valence-corrected chi connectivity index (χ3v) is 6.56. The zero-order chi connectivity index (χ0) is 22.7. The number of rotatable bonds is 8. The molecule has 1 aliphatic heterocycles. The highest BCUT2D eigenvalue weighted by molar-refractivity contribution is 7.89. The van der Waals surface area contributed by atoms with Crippen molar-refractivity contribution in [3.63, 3.8) is 0 Å². The average molecular weight is 455 g/mol. The van der Waals surface area contributed by atoms with E-state index < -0.39 is 10.0 Å². The van der Waals surface area contributed by atoms with E-state index in [4.69, 9.17) is 4.74 Å². The SMILES string of the molecule is COc1ccc(Nc2nc3c(c(Nc4ccccc4S(=O)(=O)NC(C)C)n2)CCN3)cc1. The van der Waals surface area contributed by atoms with Crippen LogP contribution in [0.4, 0.5) is 29.0 Å². The first-order chi connectivity index (χ1) is 15.4. The number of hydrogen-bond acceptors (Lipinski definition) is 8. The number of ether oxygens (including phenoxy) is 1. The normalized spacial score (nSPS) is 12.9. The number of sulfonamides is 1. The first kappa shape index (κ1) is 21.8. The molecule has 0 atom stereocenters. The Kier molecular flexibility index (Phi) is 6.15. The maximum atomic E-state index is 12.8. The second-order valence-corrected chi connectivity index (χ2v) is 9.33. The van der Waals surface area contributed by atoms with E-state index in [9.17, 15) is 8.42 Å². The summed E-state index contributed by atoms with van der Waals surface area (Å²) in [6, 6.07) is 14.0. The van der Waals surface area contributed by atoms with E-state index in [1.807, 2.05) is 24.3 Å². The molecule has 32 heavy (non-hydrogen) atoms. The molecule has 1 aliphatic rings. The third kappa shape index (κ3) is 4.76. The van der Waals surface area contributed by atoms with Crippen molar-refractivity contribution in [1.29, 1.82) is 0 Å². The van der Waals surface area contributed by atoms with E-state index in [1.165, 1.54) is 0 Å². The van der Waals surface area contributed by atoms with Crippen LogP contribution in [0.3, 0.4) is 0 Å². The molecule has 168 valence electrons. The van der Waals surface area contributed by atoms with Crippen LogP contribution < -0.4 is 25.4 Å². The Bertz CT molecular complexity index is 1210. The van der Waals surface area contributed by atoms with Crippen molar-refractivity contribution >= 4 is 39.0 Å². The van der Waals surface area contributed by atoms with Crippen LogP contribution in [0.5, 0.6) is 5.75 Å². The van der Waals surface area contributed by atoms with E-state index in [0.717, 1.165) is 35.8 Å². The van der Waals surface area contributed by atoms with Crippen molar-refractivity contribution < 1.29 is 13.2 Å². The number of nitrogens with zero attached hydrogens (tertiary/aromatic N) is 2. The molecule has 0 aliphatic carbocycles.